The van der Waals surface area contributed by atoms with Gasteiger partial charge in [0.2, 0.25) is 10.0 Å². The van der Waals surface area contributed by atoms with E-state index in [0.717, 1.165) is 11.1 Å². The van der Waals surface area contributed by atoms with Gasteiger partial charge in [-0.2, -0.15) is 4.31 Å². The zero-order chi connectivity index (χ0) is 22.3. The van der Waals surface area contributed by atoms with Crippen LogP contribution in [-0.4, -0.2) is 67.6 Å². The van der Waals surface area contributed by atoms with E-state index >= 15 is 0 Å². The van der Waals surface area contributed by atoms with Crippen LogP contribution >= 0.6 is 0 Å². The second-order valence-corrected chi connectivity index (χ2v) is 10.1. The lowest BCUT2D eigenvalue weighted by Crippen LogP contribution is -2.58. The van der Waals surface area contributed by atoms with Crippen molar-refractivity contribution in [2.24, 2.45) is 5.92 Å². The topological polar surface area (TPSA) is 89.0 Å². The Balaban J connectivity index is 1.37. The molecule has 2 unspecified atom stereocenters. The Kier molecular flexibility index (Phi) is 5.38. The van der Waals surface area contributed by atoms with Crippen LogP contribution in [0.15, 0.2) is 65.5 Å². The highest BCUT2D eigenvalue weighted by Crippen LogP contribution is 2.35. The van der Waals surface area contributed by atoms with Gasteiger partial charge in [-0.3, -0.25) is 9.88 Å². The van der Waals surface area contributed by atoms with Gasteiger partial charge in [0.25, 0.3) is 0 Å². The minimum atomic E-state index is -3.67. The van der Waals surface area contributed by atoms with E-state index in [1.54, 1.807) is 42.6 Å². The number of benzene rings is 1. The van der Waals surface area contributed by atoms with E-state index in [-0.39, 0.29) is 29.0 Å². The third-order valence-electron chi connectivity index (χ3n) is 6.54. The van der Waals surface area contributed by atoms with Gasteiger partial charge >= 0.3 is 6.09 Å². The van der Waals surface area contributed by atoms with Crippen LogP contribution in [0, 0.1) is 5.92 Å². The van der Waals surface area contributed by atoms with Crippen molar-refractivity contribution in [1.29, 1.82) is 0 Å². The van der Waals surface area contributed by atoms with E-state index in [0.29, 0.717) is 37.9 Å². The zero-order valence-electron chi connectivity index (χ0n) is 17.8. The van der Waals surface area contributed by atoms with Gasteiger partial charge < -0.3 is 9.47 Å². The van der Waals surface area contributed by atoms with Crippen LogP contribution in [0.2, 0.25) is 0 Å². The number of hydrogen-bond donors (Lipinski definition) is 0. The van der Waals surface area contributed by atoms with Crippen LogP contribution in [0.3, 0.4) is 0 Å². The molecule has 0 N–H and O–H groups in total. The maximum Gasteiger partial charge on any atom is 0.410 e. The summed E-state index contributed by atoms with van der Waals surface area (Å²) in [4.78, 5) is 18.8. The Bertz CT molecular complexity index is 1200. The van der Waals surface area contributed by atoms with Crippen molar-refractivity contribution >= 4 is 26.9 Å². The maximum atomic E-state index is 13.4. The van der Waals surface area contributed by atoms with E-state index in [2.05, 4.69) is 4.98 Å². The molecule has 2 aromatic rings. The lowest BCUT2D eigenvalue weighted by molar-refractivity contribution is -0.0118. The number of carbonyl (C=O) groups is 1. The summed E-state index contributed by atoms with van der Waals surface area (Å²) < 4.78 is 39.4. The quantitative estimate of drug-likeness (QED) is 0.704. The average Bonchev–Trinajstić information content (AvgIpc) is 2.83. The number of methoxy groups -OCH3 is 1. The third-order valence-corrected chi connectivity index (χ3v) is 8.49. The number of ether oxygens (including phenoxy) is 2. The number of nitrogens with zero attached hydrogens (tertiary/aromatic N) is 3. The number of amides is 1. The molecule has 0 bridgehead atoms. The zero-order valence-corrected chi connectivity index (χ0v) is 18.6. The number of pyridine rings is 1. The molecule has 0 saturated carbocycles. The summed E-state index contributed by atoms with van der Waals surface area (Å²) in [6.45, 7) is 0.982. The highest BCUT2D eigenvalue weighted by molar-refractivity contribution is 7.89. The minimum Gasteiger partial charge on any atom is -0.499 e. The van der Waals surface area contributed by atoms with Gasteiger partial charge in [-0.05, 0) is 31.1 Å². The lowest BCUT2D eigenvalue weighted by atomic mass is 9.89. The molecule has 2 atom stereocenters. The molecular formula is C23H25N3O5S. The van der Waals surface area contributed by atoms with Crippen molar-refractivity contribution in [2.45, 2.75) is 29.8 Å². The van der Waals surface area contributed by atoms with Crippen LogP contribution in [0.25, 0.3) is 10.8 Å². The van der Waals surface area contributed by atoms with Gasteiger partial charge in [-0.15, -0.1) is 0 Å². The van der Waals surface area contributed by atoms with Crippen molar-refractivity contribution in [1.82, 2.24) is 14.2 Å². The molecule has 9 heteroatoms. The van der Waals surface area contributed by atoms with Crippen LogP contribution in [0.4, 0.5) is 4.79 Å². The molecule has 168 valence electrons. The fourth-order valence-corrected chi connectivity index (χ4v) is 6.62. The molecule has 3 aliphatic rings. The maximum absolute atomic E-state index is 13.4. The standard InChI is InChI=1S/C23H25N3O5S/c1-30-20-6-2-5-17-15-31-23(27)26(22(17)20)18-9-12-25(13-10-18)32(28,29)21-7-3-4-16-14-24-11-8-19(16)21/h2-8,11,14,17-18,22H,9-10,12-13,15H2,1H3. The van der Waals surface area contributed by atoms with Crippen molar-refractivity contribution in [2.75, 3.05) is 26.8 Å². The molecule has 2 fully saturated rings. The molecule has 32 heavy (non-hydrogen) atoms. The number of fused-ring (bicyclic) bond motifs is 2. The first-order valence-electron chi connectivity index (χ1n) is 10.7. The number of cyclic esters (lactones) is 1. The van der Waals surface area contributed by atoms with Gasteiger partial charge in [0, 0.05) is 48.2 Å². The summed E-state index contributed by atoms with van der Waals surface area (Å²) in [5.41, 5.74) is 0. The summed E-state index contributed by atoms with van der Waals surface area (Å²) in [6.07, 6.45) is 9.79. The SMILES string of the molecule is COC1=CC=CC2COC(=O)N(C3CCN(S(=O)(=O)c4cccc5cnccc45)CC3)C12. The van der Waals surface area contributed by atoms with E-state index in [9.17, 15) is 13.2 Å². The van der Waals surface area contributed by atoms with Crippen molar-refractivity contribution < 1.29 is 22.7 Å². The van der Waals surface area contributed by atoms with Crippen LogP contribution in [0.5, 0.6) is 0 Å². The van der Waals surface area contributed by atoms with Gasteiger partial charge in [-0.1, -0.05) is 24.3 Å². The Labute approximate surface area is 187 Å². The molecule has 2 aliphatic heterocycles. The van der Waals surface area contributed by atoms with Crippen molar-refractivity contribution in [3.8, 4) is 0 Å². The van der Waals surface area contributed by atoms with Crippen LogP contribution in [0.1, 0.15) is 12.8 Å². The fraction of sp³-hybridized carbons (Fsp3) is 0.391. The molecular weight excluding hydrogens is 430 g/mol. The van der Waals surface area contributed by atoms with Crippen LogP contribution < -0.4 is 0 Å². The number of piperidine rings is 1. The summed E-state index contributed by atoms with van der Waals surface area (Å²) in [5.74, 6) is 0.757. The summed E-state index contributed by atoms with van der Waals surface area (Å²) in [6, 6.07) is 6.62. The number of allylic oxidation sites excluding steroid dienone is 2. The number of hydrogen-bond acceptors (Lipinski definition) is 6. The van der Waals surface area contributed by atoms with E-state index in [1.807, 2.05) is 24.3 Å². The molecule has 0 spiro atoms. The smallest absolute Gasteiger partial charge is 0.410 e. The van der Waals surface area contributed by atoms with Gasteiger partial charge in [0.15, 0.2) is 0 Å². The van der Waals surface area contributed by atoms with E-state index in [1.165, 1.54) is 4.31 Å². The first kappa shape index (κ1) is 21.0. The first-order valence-corrected chi connectivity index (χ1v) is 12.1. The Morgan fingerprint density at radius 3 is 2.78 bits per heavy atom. The van der Waals surface area contributed by atoms with Gasteiger partial charge in [-0.25, -0.2) is 13.2 Å². The largest absolute Gasteiger partial charge is 0.499 e. The van der Waals surface area contributed by atoms with Crippen LogP contribution in [-0.2, 0) is 19.5 Å². The highest BCUT2D eigenvalue weighted by Gasteiger charge is 2.45. The summed E-state index contributed by atoms with van der Waals surface area (Å²) in [5, 5.41) is 1.45. The molecule has 0 radical (unpaired) electrons. The normalized spacial score (nSPS) is 24.7. The van der Waals surface area contributed by atoms with Gasteiger partial charge in [0.1, 0.15) is 18.4 Å². The summed E-state index contributed by atoms with van der Waals surface area (Å²) >= 11 is 0. The molecule has 1 aromatic carbocycles. The Morgan fingerprint density at radius 1 is 1.19 bits per heavy atom. The molecule has 2 saturated heterocycles. The monoisotopic (exact) mass is 455 g/mol. The molecule has 3 heterocycles. The Morgan fingerprint density at radius 2 is 2.00 bits per heavy atom. The second kappa shape index (κ2) is 8.22. The van der Waals surface area contributed by atoms with E-state index in [4.69, 9.17) is 9.47 Å². The van der Waals surface area contributed by atoms with Gasteiger partial charge in [0.05, 0.1) is 12.0 Å². The van der Waals surface area contributed by atoms with Crippen molar-refractivity contribution in [3.63, 3.8) is 0 Å². The fourth-order valence-electron chi connectivity index (χ4n) is 4.94. The lowest BCUT2D eigenvalue weighted by Gasteiger charge is -2.46. The minimum absolute atomic E-state index is 0.0266. The molecule has 5 rings (SSSR count). The van der Waals surface area contributed by atoms with Crippen molar-refractivity contribution in [3.05, 3.63) is 60.6 Å². The third kappa shape index (κ3) is 3.45. The predicted molar refractivity (Wildman–Crippen MR) is 118 cm³/mol. The molecule has 1 amide bonds. The number of sulfonamides is 1. The van der Waals surface area contributed by atoms with E-state index < -0.39 is 10.0 Å². The Hall–Kier alpha value is -2.91. The number of carbonyl (C=O) groups excluding carboxylic acids is 1. The predicted octanol–water partition coefficient (Wildman–Crippen LogP) is 2.93. The molecule has 8 nitrogen and oxygen atoms in total. The highest BCUT2D eigenvalue weighted by atomic mass is 32.2. The molecule has 1 aromatic heterocycles. The number of aromatic nitrogens is 1. The first-order chi connectivity index (χ1) is 15.5. The summed E-state index contributed by atoms with van der Waals surface area (Å²) in [7, 11) is -2.07. The number of rotatable bonds is 4. The second-order valence-electron chi connectivity index (χ2n) is 8.24. The average molecular weight is 456 g/mol. The molecule has 1 aliphatic carbocycles.